The lowest BCUT2D eigenvalue weighted by Crippen LogP contribution is -2.16. The Morgan fingerprint density at radius 1 is 1.07 bits per heavy atom. The molecule has 3 heterocycles. The van der Waals surface area contributed by atoms with E-state index in [0.717, 1.165) is 5.56 Å². The fourth-order valence-electron chi connectivity index (χ4n) is 2.69. The molecule has 0 saturated carbocycles. The number of aromatic nitrogens is 4. The summed E-state index contributed by atoms with van der Waals surface area (Å²) in [5, 5.41) is 7.10. The van der Waals surface area contributed by atoms with E-state index in [-0.39, 0.29) is 0 Å². The molecule has 9 heteroatoms. The number of pyridine rings is 1. The van der Waals surface area contributed by atoms with Crippen LogP contribution in [-0.4, -0.2) is 39.9 Å². The molecule has 0 saturated heterocycles. The molecule has 0 atom stereocenters. The molecule has 29 heavy (non-hydrogen) atoms. The number of hydrogen-bond donors (Lipinski definition) is 1. The Labute approximate surface area is 165 Å². The SMILES string of the molecule is COc1cc(-c2ccc3nc(NC(=O)Oc4ccccc4)cn3n2)cnc1OC. The van der Waals surface area contributed by atoms with Crippen molar-refractivity contribution >= 4 is 17.6 Å². The van der Waals surface area contributed by atoms with Gasteiger partial charge in [-0.2, -0.15) is 5.10 Å². The second kappa shape index (κ2) is 7.85. The number of carbonyl (C=O) groups excluding carboxylic acids is 1. The van der Waals surface area contributed by atoms with E-state index in [4.69, 9.17) is 14.2 Å². The first-order valence-corrected chi connectivity index (χ1v) is 8.65. The number of nitrogens with zero attached hydrogens (tertiary/aromatic N) is 4. The molecule has 0 fully saturated rings. The predicted molar refractivity (Wildman–Crippen MR) is 105 cm³/mol. The van der Waals surface area contributed by atoms with E-state index >= 15 is 0 Å². The maximum absolute atomic E-state index is 12.0. The van der Waals surface area contributed by atoms with Gasteiger partial charge in [0.1, 0.15) is 5.75 Å². The third-order valence-electron chi connectivity index (χ3n) is 4.03. The van der Waals surface area contributed by atoms with Crippen LogP contribution in [0.15, 0.2) is 60.9 Å². The highest BCUT2D eigenvalue weighted by Crippen LogP contribution is 2.29. The van der Waals surface area contributed by atoms with Gasteiger partial charge in [0.05, 0.1) is 26.1 Å². The van der Waals surface area contributed by atoms with E-state index < -0.39 is 6.09 Å². The van der Waals surface area contributed by atoms with Gasteiger partial charge in [0.2, 0.25) is 0 Å². The van der Waals surface area contributed by atoms with Crippen LogP contribution >= 0.6 is 0 Å². The molecule has 0 radical (unpaired) electrons. The van der Waals surface area contributed by atoms with Gasteiger partial charge in [-0.25, -0.2) is 19.3 Å². The summed E-state index contributed by atoms with van der Waals surface area (Å²) in [6.07, 6.45) is 2.60. The molecule has 4 rings (SSSR count). The van der Waals surface area contributed by atoms with E-state index in [9.17, 15) is 4.79 Å². The average molecular weight is 391 g/mol. The Morgan fingerprint density at radius 3 is 2.66 bits per heavy atom. The molecule has 0 bridgehead atoms. The second-order valence-electron chi connectivity index (χ2n) is 5.91. The van der Waals surface area contributed by atoms with Gasteiger partial charge in [-0.3, -0.25) is 5.32 Å². The van der Waals surface area contributed by atoms with Gasteiger partial charge in [0.25, 0.3) is 5.88 Å². The topological polar surface area (TPSA) is 99.9 Å². The second-order valence-corrected chi connectivity index (χ2v) is 5.91. The Kier molecular flexibility index (Phi) is 4.93. The van der Waals surface area contributed by atoms with Gasteiger partial charge in [-0.05, 0) is 30.3 Å². The number of hydrogen-bond acceptors (Lipinski definition) is 7. The summed E-state index contributed by atoms with van der Waals surface area (Å²) in [4.78, 5) is 20.6. The third-order valence-corrected chi connectivity index (χ3v) is 4.03. The monoisotopic (exact) mass is 391 g/mol. The van der Waals surface area contributed by atoms with Crippen LogP contribution in [0.4, 0.5) is 10.6 Å². The molecule has 4 aromatic rings. The van der Waals surface area contributed by atoms with Crippen molar-refractivity contribution in [3.8, 4) is 28.6 Å². The number of nitrogens with one attached hydrogen (secondary N) is 1. The number of anilines is 1. The first-order valence-electron chi connectivity index (χ1n) is 8.65. The molecule has 1 amide bonds. The van der Waals surface area contributed by atoms with E-state index in [1.807, 2.05) is 6.07 Å². The molecule has 1 aromatic carbocycles. The molecular weight excluding hydrogens is 374 g/mol. The molecule has 0 aliphatic carbocycles. The van der Waals surface area contributed by atoms with Crippen molar-refractivity contribution in [1.82, 2.24) is 19.6 Å². The largest absolute Gasteiger partial charge is 0.491 e. The Bertz CT molecular complexity index is 1160. The number of amides is 1. The van der Waals surface area contributed by atoms with E-state index in [2.05, 4.69) is 20.4 Å². The lowest BCUT2D eigenvalue weighted by molar-refractivity contribution is 0.215. The van der Waals surface area contributed by atoms with Crippen molar-refractivity contribution in [2.75, 3.05) is 19.5 Å². The van der Waals surface area contributed by atoms with E-state index in [0.29, 0.717) is 34.5 Å². The number of imidazole rings is 1. The summed E-state index contributed by atoms with van der Waals surface area (Å²) in [6.45, 7) is 0. The predicted octanol–water partition coefficient (Wildman–Crippen LogP) is 3.42. The van der Waals surface area contributed by atoms with Crippen LogP contribution < -0.4 is 19.5 Å². The quantitative estimate of drug-likeness (QED) is 0.556. The number of benzene rings is 1. The summed E-state index contributed by atoms with van der Waals surface area (Å²) >= 11 is 0. The van der Waals surface area contributed by atoms with Gasteiger partial charge in [-0.1, -0.05) is 18.2 Å². The average Bonchev–Trinajstić information content (AvgIpc) is 3.15. The van der Waals surface area contributed by atoms with Gasteiger partial charge in [0, 0.05) is 11.8 Å². The normalized spacial score (nSPS) is 10.6. The van der Waals surface area contributed by atoms with Gasteiger partial charge in [0.15, 0.2) is 17.2 Å². The Balaban J connectivity index is 1.55. The van der Waals surface area contributed by atoms with Crippen LogP contribution in [-0.2, 0) is 0 Å². The summed E-state index contributed by atoms with van der Waals surface area (Å²) < 4.78 is 17.2. The standard InChI is InChI=1S/C20H17N5O4/c1-27-16-10-13(11-21-19(16)28-2)15-8-9-18-22-17(12-25(18)24-15)23-20(26)29-14-6-4-3-5-7-14/h3-12H,1-2H3,(H,23,26). The summed E-state index contributed by atoms with van der Waals surface area (Å²) in [5.74, 6) is 1.66. The van der Waals surface area contributed by atoms with E-state index in [1.54, 1.807) is 66.5 Å². The van der Waals surface area contributed by atoms with Crippen molar-refractivity contribution in [2.24, 2.45) is 0 Å². The van der Waals surface area contributed by atoms with Gasteiger partial charge >= 0.3 is 6.09 Å². The Morgan fingerprint density at radius 2 is 1.90 bits per heavy atom. The fraction of sp³-hybridized carbons (Fsp3) is 0.100. The zero-order valence-corrected chi connectivity index (χ0v) is 15.7. The van der Waals surface area contributed by atoms with Crippen molar-refractivity contribution in [3.63, 3.8) is 0 Å². The first-order chi connectivity index (χ1) is 14.2. The van der Waals surface area contributed by atoms with Crippen molar-refractivity contribution in [3.05, 3.63) is 60.9 Å². The number of methoxy groups -OCH3 is 2. The van der Waals surface area contributed by atoms with Crippen LogP contribution in [0, 0.1) is 0 Å². The summed E-state index contributed by atoms with van der Waals surface area (Å²) in [7, 11) is 3.07. The first kappa shape index (κ1) is 18.2. The highest BCUT2D eigenvalue weighted by atomic mass is 16.6. The van der Waals surface area contributed by atoms with Gasteiger partial charge < -0.3 is 14.2 Å². The molecule has 0 spiro atoms. The molecule has 3 aromatic heterocycles. The molecule has 0 unspecified atom stereocenters. The summed E-state index contributed by atoms with van der Waals surface area (Å²) in [6, 6.07) is 14.1. The van der Waals surface area contributed by atoms with Crippen molar-refractivity contribution in [1.29, 1.82) is 0 Å². The van der Waals surface area contributed by atoms with Crippen LogP contribution in [0.25, 0.3) is 16.9 Å². The molecule has 146 valence electrons. The maximum atomic E-state index is 12.0. The smallest absolute Gasteiger partial charge is 0.418 e. The highest BCUT2D eigenvalue weighted by Gasteiger charge is 2.12. The highest BCUT2D eigenvalue weighted by molar-refractivity contribution is 5.85. The number of rotatable bonds is 5. The molecule has 0 aliphatic heterocycles. The lowest BCUT2D eigenvalue weighted by atomic mass is 10.2. The molecule has 9 nitrogen and oxygen atoms in total. The minimum Gasteiger partial charge on any atom is -0.491 e. The van der Waals surface area contributed by atoms with E-state index in [1.165, 1.54) is 7.11 Å². The zero-order chi connectivity index (χ0) is 20.2. The number of para-hydroxylation sites is 1. The molecule has 1 N–H and O–H groups in total. The fourth-order valence-corrected chi connectivity index (χ4v) is 2.69. The van der Waals surface area contributed by atoms with Gasteiger partial charge in [-0.15, -0.1) is 0 Å². The Hall–Kier alpha value is -4.14. The van der Waals surface area contributed by atoms with Crippen LogP contribution in [0.1, 0.15) is 0 Å². The lowest BCUT2D eigenvalue weighted by Gasteiger charge is -2.08. The minimum absolute atomic E-state index is 0.320. The molecule has 0 aliphatic rings. The number of carbonyl (C=O) groups is 1. The summed E-state index contributed by atoms with van der Waals surface area (Å²) in [5.41, 5.74) is 1.97. The van der Waals surface area contributed by atoms with Crippen LogP contribution in [0.5, 0.6) is 17.4 Å². The number of fused-ring (bicyclic) bond motifs is 1. The van der Waals surface area contributed by atoms with Crippen LogP contribution in [0.3, 0.4) is 0 Å². The zero-order valence-electron chi connectivity index (χ0n) is 15.7. The minimum atomic E-state index is -0.635. The molecular formula is C20H17N5O4. The van der Waals surface area contributed by atoms with Crippen molar-refractivity contribution < 1.29 is 19.0 Å². The number of ether oxygens (including phenoxy) is 3. The maximum Gasteiger partial charge on any atom is 0.418 e. The third kappa shape index (κ3) is 3.93. The van der Waals surface area contributed by atoms with Crippen molar-refractivity contribution in [2.45, 2.75) is 0 Å². The van der Waals surface area contributed by atoms with Crippen LogP contribution in [0.2, 0.25) is 0 Å².